The summed E-state index contributed by atoms with van der Waals surface area (Å²) < 4.78 is 30.6. The maximum absolute atomic E-state index is 13.0. The molecule has 8 nitrogen and oxygen atoms in total. The van der Waals surface area contributed by atoms with E-state index in [0.29, 0.717) is 27.6 Å². The average molecular weight is 459 g/mol. The third kappa shape index (κ3) is 4.36. The minimum atomic E-state index is -0.527. The number of ether oxygens (including phenoxy) is 2. The molecule has 0 radical (unpaired) electrons. The number of rotatable bonds is 7. The number of para-hydroxylation sites is 2. The number of halogens is 1. The molecule has 0 atom stereocenters. The predicted octanol–water partition coefficient (Wildman–Crippen LogP) is 4.00. The molecule has 5 rings (SSSR count). The molecule has 0 saturated heterocycles. The van der Waals surface area contributed by atoms with Gasteiger partial charge in [-0.2, -0.15) is 4.98 Å². The van der Waals surface area contributed by atoms with Crippen molar-refractivity contribution in [2.45, 2.75) is 19.8 Å². The molecule has 2 aromatic heterocycles. The van der Waals surface area contributed by atoms with Gasteiger partial charge in [0.2, 0.25) is 5.82 Å². The Morgan fingerprint density at radius 1 is 0.912 bits per heavy atom. The van der Waals surface area contributed by atoms with Crippen LogP contribution in [-0.2, 0) is 29.3 Å². The number of hydrogen-bond acceptors (Lipinski definition) is 7. The maximum atomic E-state index is 13.0. The number of carbonyl (C=O) groups is 1. The summed E-state index contributed by atoms with van der Waals surface area (Å²) in [5.74, 6) is -0.0615. The first-order chi connectivity index (χ1) is 16.6. The summed E-state index contributed by atoms with van der Waals surface area (Å²) in [6.45, 7) is -0.299. The Hall–Kier alpha value is -4.53. The fraction of sp³-hybridized carbons (Fsp3) is 0.120. The standard InChI is InChI=1S/C25H18FN3O5/c26-16-9-11-17(12-10-16)32-14-22-27-23(34-28-22)15-33-24(30)13-29-20-7-3-1-5-18(20)25(31)19-6-2-4-8-21(19)29/h1-12H,13-15H2. The van der Waals surface area contributed by atoms with E-state index in [1.165, 1.54) is 24.3 Å². The Morgan fingerprint density at radius 3 is 2.24 bits per heavy atom. The molecule has 170 valence electrons. The van der Waals surface area contributed by atoms with Crippen molar-refractivity contribution in [3.63, 3.8) is 0 Å². The molecular formula is C25H18FN3O5. The second-order valence-corrected chi connectivity index (χ2v) is 7.46. The minimum Gasteiger partial charge on any atom is -0.485 e. The van der Waals surface area contributed by atoms with Crippen molar-refractivity contribution in [1.29, 1.82) is 0 Å². The van der Waals surface area contributed by atoms with Crippen LogP contribution in [0.25, 0.3) is 21.8 Å². The van der Waals surface area contributed by atoms with E-state index in [1.807, 2.05) is 12.1 Å². The molecule has 2 heterocycles. The molecule has 0 unspecified atom stereocenters. The average Bonchev–Trinajstić information content (AvgIpc) is 3.33. The third-order valence-corrected chi connectivity index (χ3v) is 5.21. The first-order valence-corrected chi connectivity index (χ1v) is 10.4. The van der Waals surface area contributed by atoms with Crippen LogP contribution in [0, 0.1) is 5.82 Å². The van der Waals surface area contributed by atoms with Crippen LogP contribution in [0.4, 0.5) is 4.39 Å². The van der Waals surface area contributed by atoms with Crippen LogP contribution in [0.15, 0.2) is 82.1 Å². The molecule has 0 aliphatic heterocycles. The second kappa shape index (κ2) is 9.14. The smallest absolute Gasteiger partial charge is 0.326 e. The lowest BCUT2D eigenvalue weighted by Gasteiger charge is -2.14. The van der Waals surface area contributed by atoms with Gasteiger partial charge in [-0.05, 0) is 48.5 Å². The van der Waals surface area contributed by atoms with Crippen LogP contribution < -0.4 is 10.2 Å². The van der Waals surface area contributed by atoms with Gasteiger partial charge in [0.05, 0.1) is 11.0 Å². The van der Waals surface area contributed by atoms with Gasteiger partial charge in [0.15, 0.2) is 18.6 Å². The highest BCUT2D eigenvalue weighted by Gasteiger charge is 2.15. The van der Waals surface area contributed by atoms with Crippen LogP contribution in [0.5, 0.6) is 5.75 Å². The highest BCUT2D eigenvalue weighted by molar-refractivity contribution is 5.94. The lowest BCUT2D eigenvalue weighted by molar-refractivity contribution is -0.146. The predicted molar refractivity (Wildman–Crippen MR) is 121 cm³/mol. The quantitative estimate of drug-likeness (QED) is 0.268. The lowest BCUT2D eigenvalue weighted by Crippen LogP contribution is -2.18. The van der Waals surface area contributed by atoms with E-state index in [1.54, 1.807) is 41.0 Å². The summed E-state index contributed by atoms with van der Waals surface area (Å²) in [6, 6.07) is 19.8. The number of pyridine rings is 1. The van der Waals surface area contributed by atoms with Gasteiger partial charge in [-0.25, -0.2) is 4.39 Å². The Bertz CT molecular complexity index is 1480. The highest BCUT2D eigenvalue weighted by atomic mass is 19.1. The van der Waals surface area contributed by atoms with Crippen molar-refractivity contribution < 1.29 is 23.2 Å². The Morgan fingerprint density at radius 2 is 1.56 bits per heavy atom. The van der Waals surface area contributed by atoms with E-state index in [-0.39, 0.29) is 42.7 Å². The fourth-order valence-corrected chi connectivity index (χ4v) is 3.65. The topological polar surface area (TPSA) is 96.5 Å². The van der Waals surface area contributed by atoms with Crippen molar-refractivity contribution in [3.05, 3.63) is 101 Å². The van der Waals surface area contributed by atoms with E-state index in [2.05, 4.69) is 10.1 Å². The first-order valence-electron chi connectivity index (χ1n) is 10.4. The van der Waals surface area contributed by atoms with Gasteiger partial charge < -0.3 is 18.6 Å². The minimum absolute atomic E-state index is 0.0124. The zero-order valence-corrected chi connectivity index (χ0v) is 17.8. The van der Waals surface area contributed by atoms with Gasteiger partial charge in [0, 0.05) is 10.8 Å². The van der Waals surface area contributed by atoms with Crippen molar-refractivity contribution in [3.8, 4) is 5.75 Å². The molecule has 34 heavy (non-hydrogen) atoms. The molecule has 9 heteroatoms. The van der Waals surface area contributed by atoms with E-state index < -0.39 is 5.97 Å². The summed E-state index contributed by atoms with van der Waals surface area (Å²) in [4.78, 5) is 29.6. The number of hydrogen-bond donors (Lipinski definition) is 0. The molecule has 0 aliphatic rings. The Balaban J connectivity index is 1.27. The normalized spacial score (nSPS) is 11.1. The zero-order valence-electron chi connectivity index (χ0n) is 17.8. The Kier molecular flexibility index (Phi) is 5.73. The van der Waals surface area contributed by atoms with Crippen molar-refractivity contribution in [2.75, 3.05) is 0 Å². The highest BCUT2D eigenvalue weighted by Crippen LogP contribution is 2.19. The molecule has 0 amide bonds. The monoisotopic (exact) mass is 459 g/mol. The summed E-state index contributed by atoms with van der Waals surface area (Å²) in [6.07, 6.45) is 0. The van der Waals surface area contributed by atoms with Gasteiger partial charge >= 0.3 is 5.97 Å². The number of carbonyl (C=O) groups excluding carboxylic acids is 1. The third-order valence-electron chi connectivity index (χ3n) is 5.21. The van der Waals surface area contributed by atoms with Gasteiger partial charge in [-0.3, -0.25) is 9.59 Å². The van der Waals surface area contributed by atoms with E-state index in [0.717, 1.165) is 0 Å². The molecule has 0 fully saturated rings. The van der Waals surface area contributed by atoms with E-state index in [9.17, 15) is 14.0 Å². The summed E-state index contributed by atoms with van der Waals surface area (Å²) in [5.41, 5.74) is 1.19. The fourth-order valence-electron chi connectivity index (χ4n) is 3.65. The SMILES string of the molecule is O=C(Cn1c2ccccc2c(=O)c2ccccc21)OCc1nc(COc2ccc(F)cc2)no1. The molecule has 3 aromatic carbocycles. The van der Waals surface area contributed by atoms with Crippen LogP contribution in [-0.4, -0.2) is 20.7 Å². The number of esters is 1. The van der Waals surface area contributed by atoms with E-state index >= 15 is 0 Å². The first kappa shape index (κ1) is 21.3. The van der Waals surface area contributed by atoms with Gasteiger partial charge in [0.25, 0.3) is 5.89 Å². The van der Waals surface area contributed by atoms with Gasteiger partial charge in [-0.1, -0.05) is 29.4 Å². The van der Waals surface area contributed by atoms with Crippen LogP contribution in [0.2, 0.25) is 0 Å². The van der Waals surface area contributed by atoms with Crippen LogP contribution >= 0.6 is 0 Å². The number of nitrogens with zero attached hydrogens (tertiary/aromatic N) is 3. The summed E-state index contributed by atoms with van der Waals surface area (Å²) in [7, 11) is 0. The van der Waals surface area contributed by atoms with Crippen molar-refractivity contribution in [1.82, 2.24) is 14.7 Å². The van der Waals surface area contributed by atoms with Gasteiger partial charge in [0.1, 0.15) is 18.1 Å². The van der Waals surface area contributed by atoms with Crippen molar-refractivity contribution in [2.24, 2.45) is 0 Å². The molecular weight excluding hydrogens is 441 g/mol. The van der Waals surface area contributed by atoms with E-state index in [4.69, 9.17) is 14.0 Å². The largest absolute Gasteiger partial charge is 0.485 e. The maximum Gasteiger partial charge on any atom is 0.326 e. The number of benzene rings is 3. The number of aromatic nitrogens is 3. The van der Waals surface area contributed by atoms with Crippen LogP contribution in [0.1, 0.15) is 11.7 Å². The van der Waals surface area contributed by atoms with Crippen molar-refractivity contribution >= 4 is 27.8 Å². The summed E-state index contributed by atoms with van der Waals surface area (Å²) >= 11 is 0. The lowest BCUT2D eigenvalue weighted by atomic mass is 10.1. The molecule has 5 aromatic rings. The zero-order chi connectivity index (χ0) is 23.5. The molecule has 0 aliphatic carbocycles. The van der Waals surface area contributed by atoms with Crippen LogP contribution in [0.3, 0.4) is 0 Å². The van der Waals surface area contributed by atoms with Gasteiger partial charge in [-0.15, -0.1) is 0 Å². The Labute approximate surface area is 192 Å². The molecule has 0 saturated carbocycles. The number of fused-ring (bicyclic) bond motifs is 2. The second-order valence-electron chi connectivity index (χ2n) is 7.46. The molecule has 0 N–H and O–H groups in total. The molecule has 0 spiro atoms. The molecule has 0 bridgehead atoms. The summed E-state index contributed by atoms with van der Waals surface area (Å²) in [5, 5.41) is 4.84.